The second kappa shape index (κ2) is 5.38. The van der Waals surface area contributed by atoms with E-state index in [4.69, 9.17) is 10.5 Å². The Morgan fingerprint density at radius 1 is 1.53 bits per heavy atom. The van der Waals surface area contributed by atoms with Crippen LogP contribution in [0.25, 0.3) is 0 Å². The van der Waals surface area contributed by atoms with Gasteiger partial charge in [-0.05, 0) is 41.4 Å². The third kappa shape index (κ3) is 2.81. The van der Waals surface area contributed by atoms with Gasteiger partial charge < -0.3 is 15.8 Å². The number of rotatable bonds is 4. The summed E-state index contributed by atoms with van der Waals surface area (Å²) < 4.78 is 6.53. The van der Waals surface area contributed by atoms with Crippen molar-refractivity contribution < 1.29 is 4.74 Å². The molecular weight excluding hydrogens is 280 g/mol. The van der Waals surface area contributed by atoms with Gasteiger partial charge >= 0.3 is 0 Å². The van der Waals surface area contributed by atoms with Crippen molar-refractivity contribution in [2.24, 2.45) is 11.7 Å². The highest BCUT2D eigenvalue weighted by atomic mass is 79.9. The lowest BCUT2D eigenvalue weighted by atomic mass is 9.84. The van der Waals surface area contributed by atoms with Crippen LogP contribution in [0.5, 0.6) is 0 Å². The van der Waals surface area contributed by atoms with Crippen LogP contribution in [-0.4, -0.2) is 25.3 Å². The third-order valence-electron chi connectivity index (χ3n) is 3.55. The Kier molecular flexibility index (Phi) is 4.07. The summed E-state index contributed by atoms with van der Waals surface area (Å²) in [4.78, 5) is 0. The van der Waals surface area contributed by atoms with Crippen molar-refractivity contribution >= 4 is 21.6 Å². The Bertz CT molecular complexity index is 379. The van der Waals surface area contributed by atoms with E-state index in [0.29, 0.717) is 12.5 Å². The molecule has 0 spiro atoms. The molecule has 0 radical (unpaired) electrons. The first kappa shape index (κ1) is 12.9. The lowest BCUT2D eigenvalue weighted by Gasteiger charge is -2.36. The molecule has 2 atom stereocenters. The lowest BCUT2D eigenvalue weighted by Crippen LogP contribution is -2.49. The molecule has 1 heterocycles. The van der Waals surface area contributed by atoms with Gasteiger partial charge in [0.25, 0.3) is 0 Å². The molecular formula is C13H19BrN2O. The molecule has 1 saturated heterocycles. The standard InChI is InChI=1S/C13H19BrN2O/c1-13(9-15,10-6-7-17-8-10)16-12-5-3-2-4-11(12)14/h2-5,10,16H,6-9,15H2,1H3. The monoisotopic (exact) mass is 298 g/mol. The Morgan fingerprint density at radius 2 is 2.29 bits per heavy atom. The van der Waals surface area contributed by atoms with E-state index in [1.54, 1.807) is 0 Å². The molecule has 4 heteroatoms. The summed E-state index contributed by atoms with van der Waals surface area (Å²) in [5.41, 5.74) is 6.93. The van der Waals surface area contributed by atoms with Crippen molar-refractivity contribution in [1.29, 1.82) is 0 Å². The number of hydrogen-bond acceptors (Lipinski definition) is 3. The lowest BCUT2D eigenvalue weighted by molar-refractivity contribution is 0.172. The van der Waals surface area contributed by atoms with Gasteiger partial charge in [0.05, 0.1) is 12.1 Å². The van der Waals surface area contributed by atoms with Gasteiger partial charge in [-0.15, -0.1) is 0 Å². The van der Waals surface area contributed by atoms with E-state index in [1.807, 2.05) is 18.2 Å². The van der Waals surface area contributed by atoms with Crippen molar-refractivity contribution in [1.82, 2.24) is 0 Å². The highest BCUT2D eigenvalue weighted by molar-refractivity contribution is 9.10. The predicted octanol–water partition coefficient (Wildman–Crippen LogP) is 2.61. The molecule has 0 saturated carbocycles. The molecule has 0 amide bonds. The van der Waals surface area contributed by atoms with Gasteiger partial charge in [-0.1, -0.05) is 12.1 Å². The van der Waals surface area contributed by atoms with E-state index < -0.39 is 0 Å². The fourth-order valence-electron chi connectivity index (χ4n) is 2.23. The van der Waals surface area contributed by atoms with E-state index in [-0.39, 0.29) is 5.54 Å². The van der Waals surface area contributed by atoms with Crippen LogP contribution in [0.1, 0.15) is 13.3 Å². The average Bonchev–Trinajstić information content (AvgIpc) is 2.86. The normalized spacial score (nSPS) is 23.4. The first-order chi connectivity index (χ1) is 8.15. The maximum absolute atomic E-state index is 5.95. The predicted molar refractivity (Wildman–Crippen MR) is 74.2 cm³/mol. The summed E-state index contributed by atoms with van der Waals surface area (Å²) in [5, 5.41) is 3.56. The van der Waals surface area contributed by atoms with E-state index in [0.717, 1.165) is 29.8 Å². The molecule has 1 aliphatic rings. The highest BCUT2D eigenvalue weighted by Gasteiger charge is 2.35. The van der Waals surface area contributed by atoms with Crippen molar-refractivity contribution in [3.63, 3.8) is 0 Å². The number of nitrogens with two attached hydrogens (primary N) is 1. The number of benzene rings is 1. The summed E-state index contributed by atoms with van der Waals surface area (Å²) >= 11 is 3.55. The summed E-state index contributed by atoms with van der Waals surface area (Å²) in [7, 11) is 0. The van der Waals surface area contributed by atoms with Crippen LogP contribution in [-0.2, 0) is 4.74 Å². The first-order valence-electron chi connectivity index (χ1n) is 5.96. The summed E-state index contributed by atoms with van der Waals surface area (Å²) in [5.74, 6) is 0.472. The van der Waals surface area contributed by atoms with E-state index in [1.165, 1.54) is 0 Å². The molecule has 2 unspecified atom stereocenters. The quantitative estimate of drug-likeness (QED) is 0.898. The second-order valence-electron chi connectivity index (χ2n) is 4.79. The molecule has 0 aromatic heterocycles. The van der Waals surface area contributed by atoms with Crippen molar-refractivity contribution in [2.75, 3.05) is 25.1 Å². The maximum atomic E-state index is 5.95. The average molecular weight is 299 g/mol. The number of nitrogens with one attached hydrogen (secondary N) is 1. The molecule has 0 bridgehead atoms. The van der Waals surface area contributed by atoms with E-state index in [2.05, 4.69) is 34.2 Å². The molecule has 2 rings (SSSR count). The molecule has 1 aromatic carbocycles. The Morgan fingerprint density at radius 3 is 2.88 bits per heavy atom. The van der Waals surface area contributed by atoms with Crippen LogP contribution in [0.4, 0.5) is 5.69 Å². The van der Waals surface area contributed by atoms with Crippen molar-refractivity contribution in [2.45, 2.75) is 18.9 Å². The van der Waals surface area contributed by atoms with Crippen LogP contribution in [0, 0.1) is 5.92 Å². The number of hydrogen-bond donors (Lipinski definition) is 2. The van der Waals surface area contributed by atoms with Crippen LogP contribution < -0.4 is 11.1 Å². The topological polar surface area (TPSA) is 47.3 Å². The molecule has 3 N–H and O–H groups in total. The molecule has 17 heavy (non-hydrogen) atoms. The molecule has 1 aromatic rings. The largest absolute Gasteiger partial charge is 0.381 e. The minimum absolute atomic E-state index is 0.111. The Balaban J connectivity index is 2.16. The van der Waals surface area contributed by atoms with Crippen LogP contribution in [0.2, 0.25) is 0 Å². The number of halogens is 1. The second-order valence-corrected chi connectivity index (χ2v) is 5.64. The molecule has 1 aliphatic heterocycles. The molecule has 0 aliphatic carbocycles. The molecule has 3 nitrogen and oxygen atoms in total. The minimum Gasteiger partial charge on any atom is -0.381 e. The first-order valence-corrected chi connectivity index (χ1v) is 6.75. The van der Waals surface area contributed by atoms with Gasteiger partial charge in [0.15, 0.2) is 0 Å². The fourth-order valence-corrected chi connectivity index (χ4v) is 2.61. The summed E-state index contributed by atoms with van der Waals surface area (Å²) in [6.45, 7) is 4.41. The number of ether oxygens (including phenoxy) is 1. The van der Waals surface area contributed by atoms with E-state index >= 15 is 0 Å². The smallest absolute Gasteiger partial charge is 0.0518 e. The summed E-state index contributed by atoms with van der Waals surface area (Å²) in [6, 6.07) is 8.13. The Hall–Kier alpha value is -0.580. The van der Waals surface area contributed by atoms with Gasteiger partial charge in [0, 0.05) is 29.2 Å². The SMILES string of the molecule is CC(CN)(Nc1ccccc1Br)C1CCOC1. The third-order valence-corrected chi connectivity index (χ3v) is 4.24. The van der Waals surface area contributed by atoms with Crippen LogP contribution in [0.3, 0.4) is 0 Å². The number of para-hydroxylation sites is 1. The fraction of sp³-hybridized carbons (Fsp3) is 0.538. The Labute approximate surface area is 111 Å². The van der Waals surface area contributed by atoms with E-state index in [9.17, 15) is 0 Å². The highest BCUT2D eigenvalue weighted by Crippen LogP contribution is 2.31. The van der Waals surface area contributed by atoms with Gasteiger partial charge in [0.1, 0.15) is 0 Å². The van der Waals surface area contributed by atoms with Gasteiger partial charge in [-0.25, -0.2) is 0 Å². The maximum Gasteiger partial charge on any atom is 0.0518 e. The molecule has 94 valence electrons. The minimum atomic E-state index is -0.111. The van der Waals surface area contributed by atoms with Gasteiger partial charge in [-0.3, -0.25) is 0 Å². The molecule has 1 fully saturated rings. The van der Waals surface area contributed by atoms with Gasteiger partial charge in [-0.2, -0.15) is 0 Å². The zero-order chi connectivity index (χ0) is 12.3. The summed E-state index contributed by atoms with van der Waals surface area (Å²) in [6.07, 6.45) is 1.07. The van der Waals surface area contributed by atoms with Crippen LogP contribution >= 0.6 is 15.9 Å². The number of anilines is 1. The van der Waals surface area contributed by atoms with Crippen molar-refractivity contribution in [3.05, 3.63) is 28.7 Å². The zero-order valence-corrected chi connectivity index (χ0v) is 11.7. The zero-order valence-electron chi connectivity index (χ0n) is 10.1. The van der Waals surface area contributed by atoms with Gasteiger partial charge in [0.2, 0.25) is 0 Å². The van der Waals surface area contributed by atoms with Crippen LogP contribution in [0.15, 0.2) is 28.7 Å². The van der Waals surface area contributed by atoms with Crippen molar-refractivity contribution in [3.8, 4) is 0 Å².